The van der Waals surface area contributed by atoms with Crippen LogP contribution in [0.4, 0.5) is 4.79 Å². The number of imidazole rings is 1. The highest BCUT2D eigenvalue weighted by molar-refractivity contribution is 5.74. The van der Waals surface area contributed by atoms with Gasteiger partial charge in [-0.25, -0.2) is 9.78 Å². The van der Waals surface area contributed by atoms with E-state index in [1.54, 1.807) is 6.20 Å². The molecule has 1 saturated heterocycles. The number of aryl methyl sites for hydroxylation is 1. The van der Waals surface area contributed by atoms with E-state index in [-0.39, 0.29) is 18.1 Å². The van der Waals surface area contributed by atoms with Gasteiger partial charge in [0, 0.05) is 38.6 Å². The van der Waals surface area contributed by atoms with Crippen LogP contribution in [0.5, 0.6) is 0 Å². The van der Waals surface area contributed by atoms with E-state index in [1.165, 1.54) is 0 Å². The fourth-order valence-electron chi connectivity index (χ4n) is 3.54. The average Bonchev–Trinajstić information content (AvgIpc) is 3.07. The molecule has 3 rings (SSSR count). The van der Waals surface area contributed by atoms with Gasteiger partial charge in [0.2, 0.25) is 0 Å². The molecule has 1 aromatic carbocycles. The van der Waals surface area contributed by atoms with Crippen molar-refractivity contribution in [3.05, 3.63) is 54.1 Å². The maximum absolute atomic E-state index is 12.3. The Morgan fingerprint density at radius 2 is 2.04 bits per heavy atom. The summed E-state index contributed by atoms with van der Waals surface area (Å²) in [4.78, 5) is 18.3. The second-order valence-electron chi connectivity index (χ2n) is 6.98. The summed E-state index contributed by atoms with van der Waals surface area (Å²) in [6, 6.07) is 10.1. The smallest absolute Gasteiger partial charge is 0.317 e. The van der Waals surface area contributed by atoms with Crippen LogP contribution in [0.1, 0.15) is 24.2 Å². The molecule has 2 heterocycles. The summed E-state index contributed by atoms with van der Waals surface area (Å²) < 4.78 is 2.02. The van der Waals surface area contributed by atoms with E-state index in [9.17, 15) is 9.90 Å². The quantitative estimate of drug-likeness (QED) is 0.834. The molecule has 140 valence electrons. The number of likely N-dealkylation sites (tertiary alicyclic amines) is 1. The number of benzene rings is 1. The Kier molecular flexibility index (Phi) is 6.28. The van der Waals surface area contributed by atoms with E-state index in [0.717, 1.165) is 30.8 Å². The molecule has 2 amide bonds. The predicted molar refractivity (Wildman–Crippen MR) is 101 cm³/mol. The number of carbonyl (C=O) groups excluding carboxylic acids is 1. The van der Waals surface area contributed by atoms with E-state index < -0.39 is 0 Å². The molecule has 6 nitrogen and oxygen atoms in total. The molecule has 2 N–H and O–H groups in total. The molecule has 1 fully saturated rings. The maximum atomic E-state index is 12.3. The number of aliphatic hydroxyl groups excluding tert-OH is 1. The summed E-state index contributed by atoms with van der Waals surface area (Å²) >= 11 is 0. The number of aromatic nitrogens is 2. The molecule has 1 aliphatic rings. The third kappa shape index (κ3) is 4.85. The summed E-state index contributed by atoms with van der Waals surface area (Å²) in [5, 5.41) is 13.5. The zero-order chi connectivity index (χ0) is 18.4. The molecule has 0 spiro atoms. The van der Waals surface area contributed by atoms with Gasteiger partial charge in [-0.05, 0) is 37.7 Å². The summed E-state index contributed by atoms with van der Waals surface area (Å²) in [7, 11) is 0. The fraction of sp³-hybridized carbons (Fsp3) is 0.500. The van der Waals surface area contributed by atoms with Crippen molar-refractivity contribution in [3.8, 4) is 0 Å². The molecule has 1 aromatic heterocycles. The van der Waals surface area contributed by atoms with Crippen LogP contribution in [0.2, 0.25) is 0 Å². The molecule has 0 unspecified atom stereocenters. The number of nitrogens with one attached hydrogen (secondary N) is 1. The minimum absolute atomic E-state index is 0.0150. The van der Waals surface area contributed by atoms with Crippen molar-refractivity contribution in [1.82, 2.24) is 19.8 Å². The lowest BCUT2D eigenvalue weighted by Gasteiger charge is -2.34. The molecule has 1 atom stereocenters. The lowest BCUT2D eigenvalue weighted by atomic mass is 9.88. The lowest BCUT2D eigenvalue weighted by molar-refractivity contribution is 0.0671. The zero-order valence-corrected chi connectivity index (χ0v) is 15.3. The second kappa shape index (κ2) is 8.85. The van der Waals surface area contributed by atoms with Crippen LogP contribution in [0.3, 0.4) is 0 Å². The van der Waals surface area contributed by atoms with Gasteiger partial charge in [-0.2, -0.15) is 0 Å². The van der Waals surface area contributed by atoms with Gasteiger partial charge in [0.05, 0.1) is 6.10 Å². The van der Waals surface area contributed by atoms with Gasteiger partial charge in [-0.1, -0.05) is 30.3 Å². The first kappa shape index (κ1) is 18.5. The van der Waals surface area contributed by atoms with Gasteiger partial charge in [-0.15, -0.1) is 0 Å². The highest BCUT2D eigenvalue weighted by Gasteiger charge is 2.27. The number of hydrogen-bond acceptors (Lipinski definition) is 3. The number of amides is 2. The first-order valence-corrected chi connectivity index (χ1v) is 9.36. The Labute approximate surface area is 154 Å². The van der Waals surface area contributed by atoms with Gasteiger partial charge in [0.25, 0.3) is 0 Å². The summed E-state index contributed by atoms with van der Waals surface area (Å²) in [5.41, 5.74) is 1.16. The minimum Gasteiger partial charge on any atom is -0.392 e. The number of rotatable bonds is 6. The lowest BCUT2D eigenvalue weighted by Crippen LogP contribution is -2.46. The first-order valence-electron chi connectivity index (χ1n) is 9.36. The molecule has 0 aliphatic carbocycles. The predicted octanol–water partition coefficient (Wildman–Crippen LogP) is 2.22. The summed E-state index contributed by atoms with van der Waals surface area (Å²) in [6.45, 7) is 4.67. The average molecular weight is 356 g/mol. The van der Waals surface area contributed by atoms with Crippen LogP contribution in [-0.4, -0.2) is 51.3 Å². The highest BCUT2D eigenvalue weighted by Crippen LogP contribution is 2.23. The summed E-state index contributed by atoms with van der Waals surface area (Å²) in [6.07, 6.45) is 5.72. The van der Waals surface area contributed by atoms with E-state index >= 15 is 0 Å². The van der Waals surface area contributed by atoms with Gasteiger partial charge >= 0.3 is 6.03 Å². The molecule has 6 heteroatoms. The Hall–Kier alpha value is -2.34. The fourth-order valence-corrected chi connectivity index (χ4v) is 3.54. The monoisotopic (exact) mass is 356 g/mol. The van der Waals surface area contributed by atoms with E-state index in [2.05, 4.69) is 10.3 Å². The molecule has 26 heavy (non-hydrogen) atoms. The van der Waals surface area contributed by atoms with Crippen LogP contribution >= 0.6 is 0 Å². The van der Waals surface area contributed by atoms with Crippen LogP contribution in [-0.2, 0) is 13.0 Å². The van der Waals surface area contributed by atoms with Crippen molar-refractivity contribution in [1.29, 1.82) is 0 Å². The van der Waals surface area contributed by atoms with Crippen molar-refractivity contribution in [2.45, 2.75) is 38.8 Å². The maximum Gasteiger partial charge on any atom is 0.317 e. The van der Waals surface area contributed by atoms with Crippen LogP contribution in [0, 0.1) is 12.8 Å². The van der Waals surface area contributed by atoms with E-state index in [1.807, 2.05) is 52.9 Å². The van der Waals surface area contributed by atoms with Crippen LogP contribution in [0.15, 0.2) is 42.7 Å². The number of hydrogen-bond donors (Lipinski definition) is 2. The van der Waals surface area contributed by atoms with Gasteiger partial charge in [0.15, 0.2) is 0 Å². The first-order chi connectivity index (χ1) is 12.6. The third-order valence-electron chi connectivity index (χ3n) is 5.21. The molecular formula is C20H28N4O2. The minimum atomic E-state index is -0.341. The Balaban J connectivity index is 1.38. The largest absolute Gasteiger partial charge is 0.392 e. The van der Waals surface area contributed by atoms with Crippen molar-refractivity contribution in [3.63, 3.8) is 0 Å². The molecule has 2 aromatic rings. The number of piperidine rings is 1. The summed E-state index contributed by atoms with van der Waals surface area (Å²) in [5.74, 6) is 1.21. The number of aliphatic hydroxyl groups is 1. The SMILES string of the molecule is Cc1nccn1CCNC(=O)N1CCC([C@@H](O)Cc2ccccc2)CC1. The molecular weight excluding hydrogens is 328 g/mol. The van der Waals surface area contributed by atoms with Crippen molar-refractivity contribution in [2.75, 3.05) is 19.6 Å². The van der Waals surface area contributed by atoms with Gasteiger partial charge < -0.3 is 19.9 Å². The number of carbonyl (C=O) groups is 1. The molecule has 0 saturated carbocycles. The molecule has 0 bridgehead atoms. The van der Waals surface area contributed by atoms with Gasteiger partial charge in [0.1, 0.15) is 5.82 Å². The van der Waals surface area contributed by atoms with E-state index in [4.69, 9.17) is 0 Å². The standard InChI is InChI=1S/C20H28N4O2/c1-16-21-9-13-23(16)14-10-22-20(26)24-11-7-18(8-12-24)19(25)15-17-5-3-2-4-6-17/h2-6,9,13,18-19,25H,7-8,10-12,14-15H2,1H3,(H,22,26)/t19-/m0/s1. The van der Waals surface area contributed by atoms with Crippen molar-refractivity contribution >= 4 is 6.03 Å². The molecule has 1 aliphatic heterocycles. The highest BCUT2D eigenvalue weighted by atomic mass is 16.3. The van der Waals surface area contributed by atoms with Crippen molar-refractivity contribution in [2.24, 2.45) is 5.92 Å². The van der Waals surface area contributed by atoms with Crippen molar-refractivity contribution < 1.29 is 9.90 Å². The molecule has 0 radical (unpaired) electrons. The van der Waals surface area contributed by atoms with Crippen LogP contribution in [0.25, 0.3) is 0 Å². The van der Waals surface area contributed by atoms with Crippen LogP contribution < -0.4 is 5.32 Å². The Morgan fingerprint density at radius 3 is 2.69 bits per heavy atom. The zero-order valence-electron chi connectivity index (χ0n) is 15.3. The number of nitrogens with zero attached hydrogens (tertiary/aromatic N) is 3. The second-order valence-corrected chi connectivity index (χ2v) is 6.98. The normalized spacial score (nSPS) is 16.5. The number of urea groups is 1. The topological polar surface area (TPSA) is 70.4 Å². The van der Waals surface area contributed by atoms with Gasteiger partial charge in [-0.3, -0.25) is 0 Å². The third-order valence-corrected chi connectivity index (χ3v) is 5.21. The Bertz CT molecular complexity index is 693. The Morgan fingerprint density at radius 1 is 1.31 bits per heavy atom. The van der Waals surface area contributed by atoms with E-state index in [0.29, 0.717) is 26.1 Å².